The van der Waals surface area contributed by atoms with Crippen molar-refractivity contribution in [3.63, 3.8) is 0 Å². The molecule has 0 rings (SSSR count). The predicted molar refractivity (Wildman–Crippen MR) is 66.8 cm³/mol. The van der Waals surface area contributed by atoms with E-state index in [0.717, 1.165) is 6.54 Å². The number of carbonyl (C=O) groups is 1. The van der Waals surface area contributed by atoms with Gasteiger partial charge in [-0.05, 0) is 20.2 Å². The lowest BCUT2D eigenvalue weighted by atomic mass is 10.8. The van der Waals surface area contributed by atoms with E-state index in [4.69, 9.17) is 4.84 Å². The van der Waals surface area contributed by atoms with Crippen molar-refractivity contribution < 1.29 is 9.63 Å². The Kier molecular flexibility index (Phi) is 7.63. The zero-order valence-corrected chi connectivity index (χ0v) is 11.3. The maximum Gasteiger partial charge on any atom is 0.446 e. The Bertz CT molecular complexity index is 236. The van der Waals surface area contributed by atoms with E-state index < -0.39 is 6.09 Å². The standard InChI is InChI=1S/C8H17N3O2S2/c1-6-10(3)15-11(4)8(12)13-9-7(2)14-5/h6H2,1-5H3. The fourth-order valence-electron chi connectivity index (χ4n) is 0.498. The minimum atomic E-state index is -0.478. The Hall–Kier alpha value is -0.400. The van der Waals surface area contributed by atoms with Crippen molar-refractivity contribution >= 4 is 35.0 Å². The number of hydrogen-bond donors (Lipinski definition) is 0. The van der Waals surface area contributed by atoms with E-state index in [0.29, 0.717) is 5.04 Å². The molecule has 0 fully saturated rings. The van der Waals surface area contributed by atoms with Crippen LogP contribution in [0.15, 0.2) is 5.16 Å². The molecule has 0 aliphatic carbocycles. The van der Waals surface area contributed by atoms with Crippen molar-refractivity contribution in [2.24, 2.45) is 5.16 Å². The van der Waals surface area contributed by atoms with Crippen molar-refractivity contribution in [2.45, 2.75) is 13.8 Å². The van der Waals surface area contributed by atoms with Crippen molar-refractivity contribution in [1.29, 1.82) is 0 Å². The first kappa shape index (κ1) is 14.6. The quantitative estimate of drug-likeness (QED) is 0.252. The van der Waals surface area contributed by atoms with E-state index in [1.165, 1.54) is 28.2 Å². The van der Waals surface area contributed by atoms with Crippen molar-refractivity contribution in [1.82, 2.24) is 8.61 Å². The second-order valence-electron chi connectivity index (χ2n) is 2.69. The van der Waals surface area contributed by atoms with Gasteiger partial charge in [0, 0.05) is 25.7 Å². The van der Waals surface area contributed by atoms with Crippen LogP contribution < -0.4 is 0 Å². The van der Waals surface area contributed by atoms with Gasteiger partial charge in [-0.15, -0.1) is 11.8 Å². The molecule has 5 nitrogen and oxygen atoms in total. The molecule has 0 atom stereocenters. The molecule has 0 aromatic heterocycles. The SMILES string of the molecule is CCN(C)SN(C)C(=O)ON=C(C)SC. The molecule has 0 aromatic rings. The third-order valence-electron chi connectivity index (χ3n) is 1.51. The Morgan fingerprint density at radius 2 is 2.07 bits per heavy atom. The van der Waals surface area contributed by atoms with E-state index in [1.807, 2.05) is 24.5 Å². The molecule has 0 spiro atoms. The van der Waals surface area contributed by atoms with Gasteiger partial charge in [-0.1, -0.05) is 12.1 Å². The third kappa shape index (κ3) is 6.64. The molecule has 0 radical (unpaired) electrons. The van der Waals surface area contributed by atoms with Gasteiger partial charge in [0.25, 0.3) is 0 Å². The lowest BCUT2D eigenvalue weighted by Crippen LogP contribution is -2.25. The van der Waals surface area contributed by atoms with Crippen molar-refractivity contribution in [3.8, 4) is 0 Å². The molecular weight excluding hydrogens is 234 g/mol. The minimum Gasteiger partial charge on any atom is -0.296 e. The van der Waals surface area contributed by atoms with Gasteiger partial charge in [0.15, 0.2) is 0 Å². The van der Waals surface area contributed by atoms with Crippen LogP contribution in [0.25, 0.3) is 0 Å². The summed E-state index contributed by atoms with van der Waals surface area (Å²) in [7, 11) is 3.54. The van der Waals surface area contributed by atoms with Crippen LogP contribution in [0.3, 0.4) is 0 Å². The normalized spacial score (nSPS) is 11.7. The molecule has 0 saturated carbocycles. The number of carbonyl (C=O) groups excluding carboxylic acids is 1. The summed E-state index contributed by atoms with van der Waals surface area (Å²) in [5.74, 6) is 0. The first-order valence-corrected chi connectivity index (χ1v) is 6.39. The lowest BCUT2D eigenvalue weighted by Gasteiger charge is -2.19. The summed E-state index contributed by atoms with van der Waals surface area (Å²) in [6, 6.07) is 0. The molecule has 0 saturated heterocycles. The number of rotatable bonds is 4. The van der Waals surface area contributed by atoms with Crippen LogP contribution in [0.4, 0.5) is 4.79 Å². The summed E-state index contributed by atoms with van der Waals surface area (Å²) >= 11 is 2.72. The fraction of sp³-hybridized carbons (Fsp3) is 0.750. The van der Waals surface area contributed by atoms with Gasteiger partial charge in [-0.25, -0.2) is 13.4 Å². The smallest absolute Gasteiger partial charge is 0.296 e. The summed E-state index contributed by atoms with van der Waals surface area (Å²) in [4.78, 5) is 16.1. The molecule has 88 valence electrons. The highest BCUT2D eigenvalue weighted by Gasteiger charge is 2.12. The van der Waals surface area contributed by atoms with Crippen LogP contribution in [0.1, 0.15) is 13.8 Å². The summed E-state index contributed by atoms with van der Waals surface area (Å²) < 4.78 is 3.30. The summed E-state index contributed by atoms with van der Waals surface area (Å²) in [5.41, 5.74) is 0. The van der Waals surface area contributed by atoms with Gasteiger partial charge in [0.05, 0.1) is 0 Å². The zero-order chi connectivity index (χ0) is 11.8. The fourth-order valence-corrected chi connectivity index (χ4v) is 1.24. The van der Waals surface area contributed by atoms with Crippen LogP contribution in [-0.4, -0.2) is 46.6 Å². The van der Waals surface area contributed by atoms with Gasteiger partial charge >= 0.3 is 6.09 Å². The number of amides is 1. The van der Waals surface area contributed by atoms with E-state index in [1.54, 1.807) is 14.0 Å². The van der Waals surface area contributed by atoms with Crippen LogP contribution in [0.5, 0.6) is 0 Å². The van der Waals surface area contributed by atoms with Crippen molar-refractivity contribution in [2.75, 3.05) is 26.9 Å². The molecule has 0 aliphatic heterocycles. The number of oxime groups is 1. The van der Waals surface area contributed by atoms with E-state index in [-0.39, 0.29) is 0 Å². The molecule has 7 heteroatoms. The first-order chi connectivity index (χ1) is 7.01. The van der Waals surface area contributed by atoms with E-state index in [9.17, 15) is 4.79 Å². The highest BCUT2D eigenvalue weighted by molar-refractivity contribution is 8.13. The predicted octanol–water partition coefficient (Wildman–Crippen LogP) is 2.27. The molecule has 1 amide bonds. The Labute approximate surface area is 99.5 Å². The Morgan fingerprint density at radius 1 is 1.47 bits per heavy atom. The maximum atomic E-state index is 11.4. The average Bonchev–Trinajstić information content (AvgIpc) is 2.24. The molecule has 0 heterocycles. The maximum absolute atomic E-state index is 11.4. The molecule has 0 bridgehead atoms. The van der Waals surface area contributed by atoms with Gasteiger partial charge in [0.1, 0.15) is 5.04 Å². The molecule has 0 aromatic carbocycles. The van der Waals surface area contributed by atoms with Crippen LogP contribution in [-0.2, 0) is 4.84 Å². The Morgan fingerprint density at radius 3 is 2.53 bits per heavy atom. The first-order valence-electron chi connectivity index (χ1n) is 4.43. The summed E-state index contributed by atoms with van der Waals surface area (Å²) in [6.45, 7) is 4.63. The largest absolute Gasteiger partial charge is 0.446 e. The zero-order valence-electron chi connectivity index (χ0n) is 9.68. The Balaban J connectivity index is 3.99. The van der Waals surface area contributed by atoms with Crippen LogP contribution in [0, 0.1) is 0 Å². The minimum absolute atomic E-state index is 0.478. The summed E-state index contributed by atoms with van der Waals surface area (Å²) in [5, 5.41) is 4.37. The molecule has 0 unspecified atom stereocenters. The molecule has 0 N–H and O–H groups in total. The number of nitrogens with zero attached hydrogens (tertiary/aromatic N) is 3. The molecular formula is C8H17N3O2S2. The van der Waals surface area contributed by atoms with E-state index in [2.05, 4.69) is 5.16 Å². The highest BCUT2D eigenvalue weighted by Crippen LogP contribution is 2.12. The highest BCUT2D eigenvalue weighted by atomic mass is 32.2. The number of thioether (sulfide) groups is 1. The van der Waals surface area contributed by atoms with Gasteiger partial charge in [0.2, 0.25) is 0 Å². The summed E-state index contributed by atoms with van der Waals surface area (Å²) in [6.07, 6.45) is 1.39. The van der Waals surface area contributed by atoms with Crippen LogP contribution in [0.2, 0.25) is 0 Å². The topological polar surface area (TPSA) is 45.1 Å². The van der Waals surface area contributed by atoms with Gasteiger partial charge in [-0.2, -0.15) is 0 Å². The molecule has 15 heavy (non-hydrogen) atoms. The second-order valence-corrected chi connectivity index (χ2v) is 5.03. The molecule has 0 aliphatic rings. The van der Waals surface area contributed by atoms with Gasteiger partial charge in [-0.3, -0.25) is 4.84 Å². The van der Waals surface area contributed by atoms with Gasteiger partial charge < -0.3 is 0 Å². The van der Waals surface area contributed by atoms with Crippen molar-refractivity contribution in [3.05, 3.63) is 0 Å². The third-order valence-corrected chi connectivity index (χ3v) is 3.11. The number of hydrogen-bond acceptors (Lipinski definition) is 6. The average molecular weight is 251 g/mol. The monoisotopic (exact) mass is 251 g/mol. The lowest BCUT2D eigenvalue weighted by molar-refractivity contribution is 0.136. The van der Waals surface area contributed by atoms with Crippen LogP contribution >= 0.6 is 23.9 Å². The second kappa shape index (κ2) is 7.84. The van der Waals surface area contributed by atoms with E-state index >= 15 is 0 Å².